The Bertz CT molecular complexity index is 1150. The molecule has 4 rings (SSSR count). The number of amides is 1. The molecule has 0 aliphatic heterocycles. The standard InChI is InChI=1S/C21H25N5O2.ClH/c1-11-16(12(2)23-20-19(11)21(28)25-26(20)3)10-18(27)24-17-6-4-5-13-9-14(22)7-8-15(13)17;/h7-9,17H,4-6,10,22H2,1-3H3,(H,24,27)(H,25,28);1H. The third kappa shape index (κ3) is 3.74. The minimum Gasteiger partial charge on any atom is -0.399 e. The van der Waals surface area contributed by atoms with Crippen LogP contribution in [0.4, 0.5) is 5.69 Å². The quantitative estimate of drug-likeness (QED) is 0.571. The minimum atomic E-state index is -0.178. The van der Waals surface area contributed by atoms with E-state index in [1.54, 1.807) is 11.7 Å². The average Bonchev–Trinajstić information content (AvgIpc) is 2.92. The Morgan fingerprint density at radius 1 is 1.38 bits per heavy atom. The van der Waals surface area contributed by atoms with E-state index in [9.17, 15) is 9.59 Å². The summed E-state index contributed by atoms with van der Waals surface area (Å²) in [6.45, 7) is 3.76. The first kappa shape index (κ1) is 20.9. The number of carbonyl (C=O) groups is 1. The molecule has 29 heavy (non-hydrogen) atoms. The van der Waals surface area contributed by atoms with E-state index in [0.717, 1.165) is 47.3 Å². The largest absolute Gasteiger partial charge is 0.399 e. The van der Waals surface area contributed by atoms with E-state index < -0.39 is 0 Å². The molecule has 2 aromatic heterocycles. The summed E-state index contributed by atoms with van der Waals surface area (Å²) in [5, 5.41) is 6.45. The monoisotopic (exact) mass is 415 g/mol. The fourth-order valence-electron chi connectivity index (χ4n) is 4.30. The molecule has 0 saturated heterocycles. The first-order valence-electron chi connectivity index (χ1n) is 9.57. The van der Waals surface area contributed by atoms with Gasteiger partial charge in [0.25, 0.3) is 5.56 Å². The maximum Gasteiger partial charge on any atom is 0.273 e. The minimum absolute atomic E-state index is 0. The zero-order valence-corrected chi connectivity index (χ0v) is 17.7. The van der Waals surface area contributed by atoms with Gasteiger partial charge in [0.15, 0.2) is 5.65 Å². The van der Waals surface area contributed by atoms with Gasteiger partial charge in [-0.15, -0.1) is 12.4 Å². The van der Waals surface area contributed by atoms with Gasteiger partial charge < -0.3 is 11.1 Å². The van der Waals surface area contributed by atoms with Gasteiger partial charge in [0, 0.05) is 18.4 Å². The molecule has 2 heterocycles. The predicted molar refractivity (Wildman–Crippen MR) is 116 cm³/mol. The highest BCUT2D eigenvalue weighted by atomic mass is 35.5. The fraction of sp³-hybridized carbons (Fsp3) is 0.381. The van der Waals surface area contributed by atoms with Gasteiger partial charge in [-0.25, -0.2) is 4.98 Å². The van der Waals surface area contributed by atoms with Gasteiger partial charge in [0.1, 0.15) is 0 Å². The SMILES string of the molecule is Cc1nc2c(c(C)c1CC(=O)NC1CCCc3cc(N)ccc31)c(=O)[nH]n2C.Cl. The number of hydrogen-bond donors (Lipinski definition) is 3. The van der Waals surface area contributed by atoms with Gasteiger partial charge in [0.2, 0.25) is 5.91 Å². The molecule has 1 aromatic carbocycles. The number of halogens is 1. The molecule has 1 atom stereocenters. The summed E-state index contributed by atoms with van der Waals surface area (Å²) in [7, 11) is 1.76. The number of pyridine rings is 1. The number of aromatic nitrogens is 3. The lowest BCUT2D eigenvalue weighted by Gasteiger charge is -2.27. The Labute approximate surface area is 175 Å². The zero-order chi connectivity index (χ0) is 20.0. The smallest absolute Gasteiger partial charge is 0.273 e. The van der Waals surface area contributed by atoms with Gasteiger partial charge in [0.05, 0.1) is 17.8 Å². The van der Waals surface area contributed by atoms with Crippen LogP contribution in [0.25, 0.3) is 11.0 Å². The number of fused-ring (bicyclic) bond motifs is 2. The Morgan fingerprint density at radius 2 is 2.14 bits per heavy atom. The van der Waals surface area contributed by atoms with E-state index in [1.165, 1.54) is 5.56 Å². The maximum atomic E-state index is 12.8. The molecule has 1 unspecified atom stereocenters. The van der Waals surface area contributed by atoms with Gasteiger partial charge >= 0.3 is 0 Å². The van der Waals surface area contributed by atoms with E-state index in [4.69, 9.17) is 5.73 Å². The van der Waals surface area contributed by atoms with Gasteiger partial charge in [-0.1, -0.05) is 6.07 Å². The molecular formula is C21H26ClN5O2. The number of nitrogens with one attached hydrogen (secondary N) is 2. The number of hydrogen-bond acceptors (Lipinski definition) is 4. The number of aromatic amines is 1. The highest BCUT2D eigenvalue weighted by Crippen LogP contribution is 2.31. The zero-order valence-electron chi connectivity index (χ0n) is 16.8. The van der Waals surface area contributed by atoms with E-state index in [2.05, 4.69) is 15.4 Å². The molecule has 3 aromatic rings. The number of aryl methyl sites for hydroxylation is 4. The number of benzene rings is 1. The number of anilines is 1. The lowest BCUT2D eigenvalue weighted by atomic mass is 9.87. The van der Waals surface area contributed by atoms with Crippen molar-refractivity contribution in [3.05, 3.63) is 56.5 Å². The second-order valence-corrected chi connectivity index (χ2v) is 7.65. The molecule has 154 valence electrons. The third-order valence-electron chi connectivity index (χ3n) is 5.73. The van der Waals surface area contributed by atoms with Crippen molar-refractivity contribution in [3.8, 4) is 0 Å². The van der Waals surface area contributed by atoms with Crippen LogP contribution >= 0.6 is 12.4 Å². The number of nitrogen functional groups attached to an aromatic ring is 1. The first-order chi connectivity index (χ1) is 13.3. The second-order valence-electron chi connectivity index (χ2n) is 7.65. The van der Waals surface area contributed by atoms with Crippen LogP contribution in [-0.4, -0.2) is 20.7 Å². The van der Waals surface area contributed by atoms with E-state index in [1.807, 2.05) is 32.0 Å². The van der Waals surface area contributed by atoms with Crippen molar-refractivity contribution in [3.63, 3.8) is 0 Å². The van der Waals surface area contributed by atoms with Crippen molar-refractivity contribution < 1.29 is 4.79 Å². The number of H-pyrrole nitrogens is 1. The molecule has 0 bridgehead atoms. The summed E-state index contributed by atoms with van der Waals surface area (Å²) in [6.07, 6.45) is 3.13. The molecule has 8 heteroatoms. The summed E-state index contributed by atoms with van der Waals surface area (Å²) >= 11 is 0. The number of rotatable bonds is 3. The van der Waals surface area contributed by atoms with Crippen molar-refractivity contribution in [2.24, 2.45) is 7.05 Å². The normalized spacial score (nSPS) is 15.6. The Kier molecular flexibility index (Phi) is 5.71. The van der Waals surface area contributed by atoms with Crippen molar-refractivity contribution in [1.29, 1.82) is 0 Å². The molecule has 0 radical (unpaired) electrons. The Hall–Kier alpha value is -2.80. The first-order valence-corrected chi connectivity index (χ1v) is 9.57. The Balaban J connectivity index is 0.00000240. The molecular weight excluding hydrogens is 390 g/mol. The molecule has 7 nitrogen and oxygen atoms in total. The molecule has 1 amide bonds. The number of nitrogens with zero attached hydrogens (tertiary/aromatic N) is 2. The molecule has 1 aliphatic carbocycles. The summed E-state index contributed by atoms with van der Waals surface area (Å²) < 4.78 is 1.62. The van der Waals surface area contributed by atoms with Crippen LogP contribution in [0.3, 0.4) is 0 Å². The summed E-state index contributed by atoms with van der Waals surface area (Å²) in [5.74, 6) is -0.0608. The second kappa shape index (κ2) is 7.91. The van der Waals surface area contributed by atoms with Crippen molar-refractivity contribution in [2.75, 3.05) is 5.73 Å². The van der Waals surface area contributed by atoms with E-state index >= 15 is 0 Å². The number of carbonyl (C=O) groups excluding carboxylic acids is 1. The maximum absolute atomic E-state index is 12.8. The number of nitrogens with two attached hydrogens (primary N) is 1. The van der Waals surface area contributed by atoms with Crippen LogP contribution in [0, 0.1) is 13.8 Å². The molecule has 0 fully saturated rings. The van der Waals surface area contributed by atoms with E-state index in [-0.39, 0.29) is 36.3 Å². The van der Waals surface area contributed by atoms with Crippen molar-refractivity contribution >= 4 is 35.0 Å². The van der Waals surface area contributed by atoms with Crippen LogP contribution < -0.4 is 16.6 Å². The topological polar surface area (TPSA) is 106 Å². The predicted octanol–water partition coefficient (Wildman–Crippen LogP) is 2.62. The van der Waals surface area contributed by atoms with Crippen molar-refractivity contribution in [2.45, 2.75) is 45.6 Å². The fourth-order valence-corrected chi connectivity index (χ4v) is 4.30. The highest BCUT2D eigenvalue weighted by Gasteiger charge is 2.23. The lowest BCUT2D eigenvalue weighted by molar-refractivity contribution is -0.121. The van der Waals surface area contributed by atoms with Crippen LogP contribution in [0.5, 0.6) is 0 Å². The van der Waals surface area contributed by atoms with Gasteiger partial charge in [-0.3, -0.25) is 19.4 Å². The average molecular weight is 416 g/mol. The lowest BCUT2D eigenvalue weighted by Crippen LogP contribution is -2.32. The Morgan fingerprint density at radius 3 is 2.90 bits per heavy atom. The summed E-state index contributed by atoms with van der Waals surface area (Å²) in [6, 6.07) is 5.90. The van der Waals surface area contributed by atoms with Crippen LogP contribution in [0.15, 0.2) is 23.0 Å². The van der Waals surface area contributed by atoms with Crippen LogP contribution in [-0.2, 0) is 24.7 Å². The third-order valence-corrected chi connectivity index (χ3v) is 5.73. The van der Waals surface area contributed by atoms with E-state index in [0.29, 0.717) is 11.0 Å². The molecule has 0 saturated carbocycles. The highest BCUT2D eigenvalue weighted by molar-refractivity contribution is 5.85. The molecule has 1 aliphatic rings. The van der Waals surface area contributed by atoms with Crippen LogP contribution in [0.2, 0.25) is 0 Å². The van der Waals surface area contributed by atoms with Gasteiger partial charge in [-0.2, -0.15) is 0 Å². The summed E-state index contributed by atoms with van der Waals surface area (Å²) in [5.41, 5.74) is 11.8. The van der Waals surface area contributed by atoms with Gasteiger partial charge in [-0.05, 0) is 67.5 Å². The molecule has 0 spiro atoms. The van der Waals surface area contributed by atoms with Crippen molar-refractivity contribution in [1.82, 2.24) is 20.1 Å². The summed E-state index contributed by atoms with van der Waals surface area (Å²) in [4.78, 5) is 29.6. The van der Waals surface area contributed by atoms with Crippen LogP contribution in [0.1, 0.15) is 46.8 Å². The molecule has 4 N–H and O–H groups in total.